The third kappa shape index (κ3) is 3.63. The van der Waals surface area contributed by atoms with Gasteiger partial charge in [-0.3, -0.25) is 19.3 Å². The van der Waals surface area contributed by atoms with E-state index in [1.54, 1.807) is 12.1 Å². The van der Waals surface area contributed by atoms with Crippen LogP contribution in [-0.4, -0.2) is 48.8 Å². The summed E-state index contributed by atoms with van der Waals surface area (Å²) in [5, 5.41) is 3.11. The second-order valence-electron chi connectivity index (χ2n) is 9.51. The molecule has 1 aliphatic heterocycles. The fourth-order valence-electron chi connectivity index (χ4n) is 4.88. The summed E-state index contributed by atoms with van der Waals surface area (Å²) >= 11 is 1.20. The van der Waals surface area contributed by atoms with Gasteiger partial charge in [-0.15, -0.1) is 0 Å². The van der Waals surface area contributed by atoms with E-state index in [1.165, 1.54) is 22.3 Å². The summed E-state index contributed by atoms with van der Waals surface area (Å²) in [4.78, 5) is 44.2. The average molecular weight is 478 g/mol. The van der Waals surface area contributed by atoms with Gasteiger partial charge in [0.2, 0.25) is 17.7 Å². The van der Waals surface area contributed by atoms with Gasteiger partial charge in [0.05, 0.1) is 20.5 Å². The minimum absolute atomic E-state index is 0.122. The number of likely N-dealkylation sites (tertiary alicyclic amines) is 1. The summed E-state index contributed by atoms with van der Waals surface area (Å²) in [6.07, 6.45) is 3.10. The minimum Gasteiger partial charge on any atom is -0.302 e. The maximum absolute atomic E-state index is 13.0. The van der Waals surface area contributed by atoms with Gasteiger partial charge in [0.25, 0.3) is 0 Å². The number of piperidine rings is 1. The largest absolute Gasteiger partial charge is 0.302 e. The van der Waals surface area contributed by atoms with E-state index in [9.17, 15) is 22.8 Å². The van der Waals surface area contributed by atoms with Gasteiger partial charge < -0.3 is 5.32 Å². The fraction of sp³-hybridized carbons (Fsp3) is 0.545. The summed E-state index contributed by atoms with van der Waals surface area (Å²) in [5.74, 6) is -0.671. The Labute approximate surface area is 191 Å². The summed E-state index contributed by atoms with van der Waals surface area (Å²) < 4.78 is 24.1. The van der Waals surface area contributed by atoms with Crippen LogP contribution in [0.25, 0.3) is 10.2 Å². The summed E-state index contributed by atoms with van der Waals surface area (Å²) in [7, 11) is -3.32. The highest BCUT2D eigenvalue weighted by molar-refractivity contribution is 7.90. The zero-order valence-electron chi connectivity index (χ0n) is 18.6. The molecule has 32 heavy (non-hydrogen) atoms. The van der Waals surface area contributed by atoms with Crippen LogP contribution in [0.5, 0.6) is 0 Å². The Morgan fingerprint density at radius 1 is 1.28 bits per heavy atom. The average Bonchev–Trinajstić information content (AvgIpc) is 3.17. The molecule has 2 heterocycles. The first-order valence-electron chi connectivity index (χ1n) is 10.6. The van der Waals surface area contributed by atoms with Gasteiger partial charge in [0, 0.05) is 25.1 Å². The lowest BCUT2D eigenvalue weighted by Crippen LogP contribution is -2.59. The number of fused-ring (bicyclic) bond motifs is 3. The molecule has 1 aromatic carbocycles. The number of nitrogens with one attached hydrogen (secondary N) is 1. The molecule has 2 atom stereocenters. The number of anilines is 1. The number of rotatable bonds is 6. The lowest BCUT2D eigenvalue weighted by molar-refractivity contribution is -0.168. The molecule has 4 rings (SSSR count). The molecule has 10 heteroatoms. The van der Waals surface area contributed by atoms with E-state index < -0.39 is 15.3 Å². The molecule has 1 aromatic heterocycles. The smallest absolute Gasteiger partial charge is 0.235 e. The van der Waals surface area contributed by atoms with Crippen molar-refractivity contribution in [3.05, 3.63) is 18.2 Å². The summed E-state index contributed by atoms with van der Waals surface area (Å²) in [6.45, 7) is 6.18. The number of hydrogen-bond donors (Lipinski definition) is 1. The molecule has 2 fully saturated rings. The molecule has 1 saturated heterocycles. The van der Waals surface area contributed by atoms with E-state index in [4.69, 9.17) is 0 Å². The first-order chi connectivity index (χ1) is 14.8. The van der Waals surface area contributed by atoms with Crippen LogP contribution < -0.4 is 5.32 Å². The van der Waals surface area contributed by atoms with Gasteiger partial charge in [0.1, 0.15) is 0 Å². The first-order valence-corrected chi connectivity index (χ1v) is 13.3. The second-order valence-corrected chi connectivity index (χ2v) is 12.6. The molecule has 2 aromatic rings. The Kier molecular flexibility index (Phi) is 5.44. The van der Waals surface area contributed by atoms with Crippen LogP contribution in [0.1, 0.15) is 46.5 Å². The molecule has 8 nitrogen and oxygen atoms in total. The number of amides is 3. The van der Waals surface area contributed by atoms with Gasteiger partial charge in [-0.2, -0.15) is 0 Å². The van der Waals surface area contributed by atoms with Crippen LogP contribution in [-0.2, 0) is 24.2 Å². The third-order valence-electron chi connectivity index (χ3n) is 7.33. The number of carbonyl (C=O) groups excluding carboxylic acids is 3. The molecular formula is C22H27N3O5S2. The Bertz CT molecular complexity index is 1230. The molecule has 172 valence electrons. The third-order valence-corrected chi connectivity index (χ3v) is 9.37. The van der Waals surface area contributed by atoms with E-state index in [2.05, 4.69) is 10.3 Å². The molecule has 1 aliphatic carbocycles. The van der Waals surface area contributed by atoms with Crippen molar-refractivity contribution in [2.45, 2.75) is 51.3 Å². The van der Waals surface area contributed by atoms with Crippen molar-refractivity contribution in [3.63, 3.8) is 0 Å². The number of nitrogens with zero attached hydrogens (tertiary/aromatic N) is 2. The van der Waals surface area contributed by atoms with Crippen molar-refractivity contribution >= 4 is 54.2 Å². The van der Waals surface area contributed by atoms with E-state index in [0.29, 0.717) is 28.2 Å². The SMILES string of the molecule is CC12CCC(C(=O)N(CCCC(=O)Nc3nc4ccc(S(C)(=O)=O)cc4s3)C1=O)C2(C)C. The first kappa shape index (κ1) is 22.8. The molecule has 1 N–H and O–H groups in total. The lowest BCUT2D eigenvalue weighted by atomic mass is 9.62. The number of hydrogen-bond acceptors (Lipinski definition) is 7. The molecular weight excluding hydrogens is 450 g/mol. The predicted octanol–water partition coefficient (Wildman–Crippen LogP) is 3.23. The van der Waals surface area contributed by atoms with Crippen LogP contribution in [0.15, 0.2) is 23.1 Å². The zero-order chi connectivity index (χ0) is 23.5. The molecule has 2 unspecified atom stereocenters. The second kappa shape index (κ2) is 7.62. The van der Waals surface area contributed by atoms with Gasteiger partial charge in [-0.05, 0) is 42.9 Å². The van der Waals surface area contributed by atoms with E-state index in [-0.39, 0.29) is 46.9 Å². The van der Waals surface area contributed by atoms with Crippen molar-refractivity contribution in [2.75, 3.05) is 18.1 Å². The highest BCUT2D eigenvalue weighted by Gasteiger charge is 2.64. The van der Waals surface area contributed by atoms with Gasteiger partial charge in [0.15, 0.2) is 15.0 Å². The number of sulfone groups is 1. The number of imide groups is 1. The molecule has 1 saturated carbocycles. The van der Waals surface area contributed by atoms with E-state index in [0.717, 1.165) is 12.7 Å². The molecule has 2 bridgehead atoms. The van der Waals surface area contributed by atoms with Crippen LogP contribution in [0.2, 0.25) is 0 Å². The zero-order valence-corrected chi connectivity index (χ0v) is 20.2. The number of aromatic nitrogens is 1. The van der Waals surface area contributed by atoms with Crippen molar-refractivity contribution in [1.29, 1.82) is 0 Å². The maximum Gasteiger partial charge on any atom is 0.235 e. The Balaban J connectivity index is 1.37. The predicted molar refractivity (Wildman–Crippen MR) is 122 cm³/mol. The summed E-state index contributed by atoms with van der Waals surface area (Å²) in [5.41, 5.74) is -0.285. The van der Waals surface area contributed by atoms with Crippen molar-refractivity contribution in [3.8, 4) is 0 Å². The van der Waals surface area contributed by atoms with Crippen molar-refractivity contribution in [2.24, 2.45) is 16.7 Å². The highest BCUT2D eigenvalue weighted by atomic mass is 32.2. The fourth-order valence-corrected chi connectivity index (χ4v) is 6.52. The van der Waals surface area contributed by atoms with Crippen LogP contribution in [0, 0.1) is 16.7 Å². The van der Waals surface area contributed by atoms with Crippen LogP contribution in [0.4, 0.5) is 5.13 Å². The Morgan fingerprint density at radius 2 is 2.00 bits per heavy atom. The number of benzene rings is 1. The van der Waals surface area contributed by atoms with Crippen molar-refractivity contribution in [1.82, 2.24) is 9.88 Å². The van der Waals surface area contributed by atoms with Crippen LogP contribution in [0.3, 0.4) is 0 Å². The van der Waals surface area contributed by atoms with Gasteiger partial charge in [-0.1, -0.05) is 32.1 Å². The monoisotopic (exact) mass is 477 g/mol. The maximum atomic E-state index is 13.0. The number of carbonyl (C=O) groups is 3. The lowest BCUT2D eigenvalue weighted by Gasteiger charge is -2.47. The van der Waals surface area contributed by atoms with Gasteiger partial charge in [-0.25, -0.2) is 13.4 Å². The quantitative estimate of drug-likeness (QED) is 0.639. The standard InChI is InChI=1S/C22H27N3O5S2/c1-21(2)14-9-10-22(21,3)19(28)25(18(14)27)11-5-6-17(26)24-20-23-15-8-7-13(32(4,29)30)12-16(15)31-20/h7-8,12,14H,5-6,9-11H2,1-4H3,(H,23,24,26). The molecule has 3 amide bonds. The normalized spacial score (nSPS) is 24.9. The minimum atomic E-state index is -3.32. The number of thiazole rings is 1. The molecule has 2 aliphatic rings. The van der Waals surface area contributed by atoms with Crippen LogP contribution >= 0.6 is 11.3 Å². The summed E-state index contributed by atoms with van der Waals surface area (Å²) in [6, 6.07) is 4.65. The molecule has 0 radical (unpaired) electrons. The van der Waals surface area contributed by atoms with E-state index >= 15 is 0 Å². The molecule has 0 spiro atoms. The van der Waals surface area contributed by atoms with E-state index in [1.807, 2.05) is 20.8 Å². The van der Waals surface area contributed by atoms with Gasteiger partial charge >= 0.3 is 0 Å². The van der Waals surface area contributed by atoms with Crippen molar-refractivity contribution < 1.29 is 22.8 Å². The topological polar surface area (TPSA) is 114 Å². The highest BCUT2D eigenvalue weighted by Crippen LogP contribution is 2.60. The Morgan fingerprint density at radius 3 is 2.69 bits per heavy atom. The Hall–Kier alpha value is -2.33.